The van der Waals surface area contributed by atoms with Crippen molar-refractivity contribution in [3.05, 3.63) is 22.6 Å². The molecule has 0 bridgehead atoms. The minimum Gasteiger partial charge on any atom is -0.481 e. The Bertz CT molecular complexity index is 586. The summed E-state index contributed by atoms with van der Waals surface area (Å²) < 4.78 is 1.79. The molecule has 108 valence electrons. The van der Waals surface area contributed by atoms with Crippen LogP contribution in [0.25, 0.3) is 0 Å². The van der Waals surface area contributed by atoms with Crippen LogP contribution in [0.5, 0.6) is 0 Å². The third-order valence-electron chi connectivity index (χ3n) is 3.12. The van der Waals surface area contributed by atoms with Crippen LogP contribution in [0.1, 0.15) is 18.9 Å². The highest BCUT2D eigenvalue weighted by Gasteiger charge is 2.25. The molecule has 8 heteroatoms. The number of hydrogen-bond donors (Lipinski definition) is 1. The molecule has 1 aliphatic heterocycles. The van der Waals surface area contributed by atoms with Gasteiger partial charge in [0.25, 0.3) is 5.56 Å². The summed E-state index contributed by atoms with van der Waals surface area (Å²) in [6, 6.07) is 1.36. The molecule has 2 heterocycles. The number of amides is 1. The molecule has 1 unspecified atom stereocenters. The molecule has 0 aliphatic carbocycles. The monoisotopic (exact) mass is 297 g/mol. The number of aliphatic carboxylic acids is 1. The van der Waals surface area contributed by atoms with Crippen molar-refractivity contribution in [2.75, 3.05) is 19.3 Å². The van der Waals surface area contributed by atoms with Crippen molar-refractivity contribution in [2.24, 2.45) is 0 Å². The van der Waals surface area contributed by atoms with E-state index >= 15 is 0 Å². The number of rotatable bonds is 4. The predicted octanol–water partition coefficient (Wildman–Crippen LogP) is 0.213. The van der Waals surface area contributed by atoms with E-state index in [1.54, 1.807) is 22.7 Å². The highest BCUT2D eigenvalue weighted by atomic mass is 32.2. The Morgan fingerprint density at radius 3 is 2.95 bits per heavy atom. The van der Waals surface area contributed by atoms with Gasteiger partial charge in [0.2, 0.25) is 5.91 Å². The number of carboxylic acid groups (broad SMARTS) is 1. The normalized spacial score (nSPS) is 19.1. The Labute approximate surface area is 119 Å². The smallest absolute Gasteiger partial charge is 0.313 e. The van der Waals surface area contributed by atoms with Gasteiger partial charge in [-0.3, -0.25) is 14.4 Å². The highest BCUT2D eigenvalue weighted by Crippen LogP contribution is 2.25. The SMILES string of the molecule is CN1CC(n2ccc(=O)nc2SCC(=O)O)CCC1=O. The maximum atomic E-state index is 11.5. The number of carbonyl (C=O) groups excluding carboxylic acids is 1. The Balaban J connectivity index is 2.24. The number of aromatic nitrogens is 2. The quantitative estimate of drug-likeness (QED) is 0.631. The van der Waals surface area contributed by atoms with Crippen LogP contribution in [0.2, 0.25) is 0 Å². The molecular weight excluding hydrogens is 282 g/mol. The lowest BCUT2D eigenvalue weighted by Gasteiger charge is -2.32. The van der Waals surface area contributed by atoms with E-state index in [9.17, 15) is 14.4 Å². The van der Waals surface area contributed by atoms with Crippen molar-refractivity contribution in [3.63, 3.8) is 0 Å². The van der Waals surface area contributed by atoms with Gasteiger partial charge < -0.3 is 14.6 Å². The molecule has 0 spiro atoms. The van der Waals surface area contributed by atoms with Crippen molar-refractivity contribution in [1.82, 2.24) is 14.5 Å². The molecular formula is C12H15N3O4S. The van der Waals surface area contributed by atoms with Crippen molar-refractivity contribution >= 4 is 23.6 Å². The summed E-state index contributed by atoms with van der Waals surface area (Å²) in [4.78, 5) is 39.0. The number of piperidine rings is 1. The summed E-state index contributed by atoms with van der Waals surface area (Å²) in [7, 11) is 1.73. The Morgan fingerprint density at radius 1 is 1.55 bits per heavy atom. The molecule has 1 N–H and O–H groups in total. The van der Waals surface area contributed by atoms with Gasteiger partial charge >= 0.3 is 5.97 Å². The lowest BCUT2D eigenvalue weighted by atomic mass is 10.1. The average Bonchev–Trinajstić information content (AvgIpc) is 2.40. The van der Waals surface area contributed by atoms with Crippen LogP contribution in [-0.2, 0) is 9.59 Å². The molecule has 1 fully saturated rings. The standard InChI is InChI=1S/C12H15N3O4S/c1-14-6-8(2-3-10(14)17)15-5-4-9(16)13-12(15)20-7-11(18)19/h4-5,8H,2-3,6-7H2,1H3,(H,18,19). The number of nitrogens with zero attached hydrogens (tertiary/aromatic N) is 3. The van der Waals surface area contributed by atoms with Gasteiger partial charge in [-0.15, -0.1) is 0 Å². The summed E-state index contributed by atoms with van der Waals surface area (Å²) in [5, 5.41) is 9.12. The number of hydrogen-bond acceptors (Lipinski definition) is 5. The van der Waals surface area contributed by atoms with Crippen molar-refractivity contribution in [1.29, 1.82) is 0 Å². The van der Waals surface area contributed by atoms with E-state index < -0.39 is 11.5 Å². The molecule has 0 saturated carbocycles. The van der Waals surface area contributed by atoms with Crippen LogP contribution in [0.4, 0.5) is 0 Å². The lowest BCUT2D eigenvalue weighted by molar-refractivity contribution is -0.134. The fourth-order valence-electron chi connectivity index (χ4n) is 2.13. The average molecular weight is 297 g/mol. The molecule has 1 amide bonds. The largest absolute Gasteiger partial charge is 0.481 e. The maximum Gasteiger partial charge on any atom is 0.313 e. The highest BCUT2D eigenvalue weighted by molar-refractivity contribution is 7.99. The van der Waals surface area contributed by atoms with Gasteiger partial charge in [-0.05, 0) is 6.42 Å². The zero-order valence-electron chi connectivity index (χ0n) is 11.0. The van der Waals surface area contributed by atoms with Gasteiger partial charge in [-0.1, -0.05) is 11.8 Å². The first-order chi connectivity index (χ1) is 9.47. The van der Waals surface area contributed by atoms with Gasteiger partial charge in [0.1, 0.15) is 0 Å². The molecule has 20 heavy (non-hydrogen) atoms. The Morgan fingerprint density at radius 2 is 2.30 bits per heavy atom. The molecule has 0 radical (unpaired) electrons. The molecule has 0 aromatic carbocycles. The summed E-state index contributed by atoms with van der Waals surface area (Å²) in [6.45, 7) is 0.532. The van der Waals surface area contributed by atoms with E-state index in [0.717, 1.165) is 11.8 Å². The van der Waals surface area contributed by atoms with Crippen LogP contribution in [-0.4, -0.2) is 50.8 Å². The van der Waals surface area contributed by atoms with Gasteiger partial charge in [0.05, 0.1) is 11.8 Å². The van der Waals surface area contributed by atoms with Crippen LogP contribution < -0.4 is 5.56 Å². The first-order valence-electron chi connectivity index (χ1n) is 6.15. The lowest BCUT2D eigenvalue weighted by Crippen LogP contribution is -2.38. The molecule has 2 rings (SSSR count). The van der Waals surface area contributed by atoms with Crippen LogP contribution in [0.3, 0.4) is 0 Å². The number of likely N-dealkylation sites (tertiary alicyclic amines) is 1. The van der Waals surface area contributed by atoms with E-state index in [0.29, 0.717) is 24.5 Å². The number of carboxylic acids is 1. The van der Waals surface area contributed by atoms with Gasteiger partial charge in [0, 0.05) is 32.3 Å². The third-order valence-corrected chi connectivity index (χ3v) is 4.08. The molecule has 1 atom stereocenters. The second-order valence-electron chi connectivity index (χ2n) is 4.60. The topological polar surface area (TPSA) is 92.5 Å². The van der Waals surface area contributed by atoms with Crippen molar-refractivity contribution < 1.29 is 14.7 Å². The van der Waals surface area contributed by atoms with Gasteiger partial charge in [0.15, 0.2) is 5.16 Å². The Hall–Kier alpha value is -1.83. The van der Waals surface area contributed by atoms with E-state index in [2.05, 4.69) is 4.98 Å². The van der Waals surface area contributed by atoms with Crippen molar-refractivity contribution in [2.45, 2.75) is 24.0 Å². The third kappa shape index (κ3) is 3.38. The number of carbonyl (C=O) groups is 2. The molecule has 7 nitrogen and oxygen atoms in total. The van der Waals surface area contributed by atoms with E-state index in [-0.39, 0.29) is 17.7 Å². The second-order valence-corrected chi connectivity index (χ2v) is 5.55. The Kier molecular flexibility index (Phi) is 4.43. The fourth-order valence-corrected chi connectivity index (χ4v) is 2.89. The molecule has 1 aromatic heterocycles. The summed E-state index contributed by atoms with van der Waals surface area (Å²) >= 11 is 1.01. The van der Waals surface area contributed by atoms with Crippen LogP contribution in [0.15, 0.2) is 22.2 Å². The van der Waals surface area contributed by atoms with E-state index in [1.165, 1.54) is 6.07 Å². The zero-order valence-corrected chi connectivity index (χ0v) is 11.8. The second kappa shape index (κ2) is 6.08. The zero-order chi connectivity index (χ0) is 14.7. The summed E-state index contributed by atoms with van der Waals surface area (Å²) in [5.41, 5.74) is -0.394. The number of thioether (sulfide) groups is 1. The van der Waals surface area contributed by atoms with Gasteiger partial charge in [-0.2, -0.15) is 4.98 Å². The van der Waals surface area contributed by atoms with E-state index in [1.807, 2.05) is 0 Å². The number of likely N-dealkylation sites (N-methyl/N-ethyl adjacent to an activating group) is 1. The summed E-state index contributed by atoms with van der Waals surface area (Å²) in [6.07, 6.45) is 2.72. The van der Waals surface area contributed by atoms with Crippen LogP contribution in [0, 0.1) is 0 Å². The van der Waals surface area contributed by atoms with Crippen LogP contribution >= 0.6 is 11.8 Å². The van der Waals surface area contributed by atoms with E-state index in [4.69, 9.17) is 5.11 Å². The first kappa shape index (κ1) is 14.6. The fraction of sp³-hybridized carbons (Fsp3) is 0.500. The van der Waals surface area contributed by atoms with Crippen molar-refractivity contribution in [3.8, 4) is 0 Å². The molecule has 1 aromatic rings. The minimum absolute atomic E-state index is 0.0158. The first-order valence-corrected chi connectivity index (χ1v) is 7.13. The molecule has 1 saturated heterocycles. The molecule has 1 aliphatic rings. The predicted molar refractivity (Wildman–Crippen MR) is 72.8 cm³/mol. The minimum atomic E-state index is -0.962. The maximum absolute atomic E-state index is 11.5. The van der Waals surface area contributed by atoms with Gasteiger partial charge in [-0.25, -0.2) is 0 Å². The summed E-state index contributed by atoms with van der Waals surface area (Å²) in [5.74, 6) is -1.02.